The van der Waals surface area contributed by atoms with E-state index in [2.05, 4.69) is 10.6 Å². The van der Waals surface area contributed by atoms with Gasteiger partial charge in [0.25, 0.3) is 6.43 Å². The Hall–Kier alpha value is -1.69. The van der Waals surface area contributed by atoms with E-state index in [0.29, 0.717) is 12.1 Å². The topological polar surface area (TPSA) is 50.4 Å². The van der Waals surface area contributed by atoms with Gasteiger partial charge in [0.05, 0.1) is 5.69 Å². The highest BCUT2D eigenvalue weighted by molar-refractivity contribution is 5.92. The Labute approximate surface area is 116 Å². The van der Waals surface area contributed by atoms with Gasteiger partial charge in [0.2, 0.25) is 5.91 Å². The Bertz CT molecular complexity index is 449. The highest BCUT2D eigenvalue weighted by atomic mass is 19.3. The monoisotopic (exact) mass is 284 g/mol. The lowest BCUT2D eigenvalue weighted by molar-refractivity contribution is -0.116. The summed E-state index contributed by atoms with van der Waals surface area (Å²) in [6.07, 6.45) is -0.104. The Morgan fingerprint density at radius 1 is 1.45 bits per heavy atom. The zero-order valence-corrected chi connectivity index (χ0v) is 11.1. The van der Waals surface area contributed by atoms with Gasteiger partial charge in [0.1, 0.15) is 12.4 Å². The summed E-state index contributed by atoms with van der Waals surface area (Å²) < 4.78 is 29.3. The molecule has 1 atom stereocenters. The van der Waals surface area contributed by atoms with Gasteiger partial charge in [0, 0.05) is 12.5 Å². The molecule has 0 aliphatic carbocycles. The van der Waals surface area contributed by atoms with Gasteiger partial charge in [-0.1, -0.05) is 12.1 Å². The average Bonchev–Trinajstić information content (AvgIpc) is 2.90. The van der Waals surface area contributed by atoms with E-state index in [9.17, 15) is 13.6 Å². The molecule has 20 heavy (non-hydrogen) atoms. The minimum Gasteiger partial charge on any atom is -0.485 e. The van der Waals surface area contributed by atoms with Crippen molar-refractivity contribution in [3.8, 4) is 5.75 Å². The highest BCUT2D eigenvalue weighted by Crippen LogP contribution is 2.24. The summed E-state index contributed by atoms with van der Waals surface area (Å²) in [5.41, 5.74) is 0.427. The molecule has 110 valence electrons. The molecule has 1 aromatic carbocycles. The SMILES string of the molecule is O=C(CC1CCCN1)Nc1ccccc1OCC(F)F. The maximum atomic E-state index is 12.2. The van der Waals surface area contributed by atoms with Crippen molar-refractivity contribution in [2.45, 2.75) is 31.7 Å². The van der Waals surface area contributed by atoms with Gasteiger partial charge in [0.15, 0.2) is 0 Å². The number of rotatable bonds is 6. The third kappa shape index (κ3) is 4.45. The van der Waals surface area contributed by atoms with Crippen LogP contribution in [-0.2, 0) is 4.79 Å². The van der Waals surface area contributed by atoms with Crippen LogP contribution in [0.5, 0.6) is 5.75 Å². The second-order valence-corrected chi connectivity index (χ2v) is 4.74. The van der Waals surface area contributed by atoms with Crippen LogP contribution < -0.4 is 15.4 Å². The van der Waals surface area contributed by atoms with Crippen molar-refractivity contribution >= 4 is 11.6 Å². The van der Waals surface area contributed by atoms with E-state index < -0.39 is 13.0 Å². The lowest BCUT2D eigenvalue weighted by Gasteiger charge is -2.14. The standard InChI is InChI=1S/C14H18F2N2O2/c15-13(16)9-20-12-6-2-1-5-11(12)18-14(19)8-10-4-3-7-17-10/h1-2,5-6,10,13,17H,3-4,7-9H2,(H,18,19). The van der Waals surface area contributed by atoms with Crippen LogP contribution in [0.25, 0.3) is 0 Å². The number of benzene rings is 1. The Kier molecular flexibility index (Phi) is 5.29. The van der Waals surface area contributed by atoms with Crippen molar-refractivity contribution in [1.82, 2.24) is 5.32 Å². The summed E-state index contributed by atoms with van der Waals surface area (Å²) in [6.45, 7) is 0.253. The molecule has 1 unspecified atom stereocenters. The van der Waals surface area contributed by atoms with Crippen molar-refractivity contribution in [1.29, 1.82) is 0 Å². The third-order valence-electron chi connectivity index (χ3n) is 3.12. The van der Waals surface area contributed by atoms with Crippen molar-refractivity contribution < 1.29 is 18.3 Å². The van der Waals surface area contributed by atoms with Gasteiger partial charge in [-0.3, -0.25) is 4.79 Å². The number of nitrogens with one attached hydrogen (secondary N) is 2. The summed E-state index contributed by atoms with van der Waals surface area (Å²) in [7, 11) is 0. The number of carbonyl (C=O) groups excluding carboxylic acids is 1. The molecule has 4 nitrogen and oxygen atoms in total. The van der Waals surface area contributed by atoms with Crippen molar-refractivity contribution in [3.05, 3.63) is 24.3 Å². The van der Waals surface area contributed by atoms with E-state index in [1.54, 1.807) is 24.3 Å². The maximum Gasteiger partial charge on any atom is 0.272 e. The number of amides is 1. The number of alkyl halides is 2. The van der Waals surface area contributed by atoms with Crippen molar-refractivity contribution in [2.24, 2.45) is 0 Å². The van der Waals surface area contributed by atoms with E-state index in [4.69, 9.17) is 4.74 Å². The van der Waals surface area contributed by atoms with Crippen LogP contribution in [0.15, 0.2) is 24.3 Å². The molecule has 6 heteroatoms. The quantitative estimate of drug-likeness (QED) is 0.843. The first-order valence-corrected chi connectivity index (χ1v) is 6.68. The van der Waals surface area contributed by atoms with Gasteiger partial charge in [-0.05, 0) is 31.5 Å². The first-order chi connectivity index (χ1) is 9.65. The lowest BCUT2D eigenvalue weighted by atomic mass is 10.1. The lowest BCUT2D eigenvalue weighted by Crippen LogP contribution is -2.27. The Balaban J connectivity index is 1.91. The molecule has 1 saturated heterocycles. The molecule has 0 aromatic heterocycles. The van der Waals surface area contributed by atoms with E-state index in [0.717, 1.165) is 19.4 Å². The fourth-order valence-electron chi connectivity index (χ4n) is 2.20. The molecule has 1 fully saturated rings. The average molecular weight is 284 g/mol. The molecular weight excluding hydrogens is 266 g/mol. The molecule has 0 radical (unpaired) electrons. The molecule has 2 rings (SSSR count). The molecule has 0 saturated carbocycles. The minimum absolute atomic E-state index is 0.141. The summed E-state index contributed by atoms with van der Waals surface area (Å²) in [4.78, 5) is 11.9. The summed E-state index contributed by atoms with van der Waals surface area (Å²) in [6, 6.07) is 6.80. The second kappa shape index (κ2) is 7.19. The van der Waals surface area contributed by atoms with Gasteiger partial charge < -0.3 is 15.4 Å². The molecule has 1 aromatic rings. The molecule has 0 bridgehead atoms. The number of ether oxygens (including phenoxy) is 1. The van der Waals surface area contributed by atoms with E-state index in [-0.39, 0.29) is 17.7 Å². The zero-order chi connectivity index (χ0) is 14.4. The fourth-order valence-corrected chi connectivity index (χ4v) is 2.20. The van der Waals surface area contributed by atoms with Crippen molar-refractivity contribution in [3.63, 3.8) is 0 Å². The molecule has 1 aliphatic heterocycles. The molecular formula is C14H18F2N2O2. The highest BCUT2D eigenvalue weighted by Gasteiger charge is 2.18. The van der Waals surface area contributed by atoms with Crippen LogP contribution in [0, 0.1) is 0 Å². The van der Waals surface area contributed by atoms with Crippen LogP contribution in [0.3, 0.4) is 0 Å². The predicted molar refractivity (Wildman–Crippen MR) is 72.2 cm³/mol. The number of anilines is 1. The zero-order valence-electron chi connectivity index (χ0n) is 11.1. The normalized spacial score (nSPS) is 18.2. The first-order valence-electron chi connectivity index (χ1n) is 6.68. The van der Waals surface area contributed by atoms with E-state index in [1.807, 2.05) is 0 Å². The summed E-state index contributed by atoms with van der Waals surface area (Å²) in [5, 5.41) is 5.95. The summed E-state index contributed by atoms with van der Waals surface area (Å²) in [5.74, 6) is 0.123. The van der Waals surface area contributed by atoms with Gasteiger partial charge in [-0.2, -0.15) is 0 Å². The second-order valence-electron chi connectivity index (χ2n) is 4.74. The number of para-hydroxylation sites is 2. The third-order valence-corrected chi connectivity index (χ3v) is 3.12. The van der Waals surface area contributed by atoms with Crippen LogP contribution in [-0.4, -0.2) is 31.5 Å². The van der Waals surface area contributed by atoms with E-state index in [1.165, 1.54) is 0 Å². The van der Waals surface area contributed by atoms with E-state index >= 15 is 0 Å². The summed E-state index contributed by atoms with van der Waals surface area (Å²) >= 11 is 0. The van der Waals surface area contributed by atoms with Crippen molar-refractivity contribution in [2.75, 3.05) is 18.5 Å². The molecule has 1 amide bonds. The van der Waals surface area contributed by atoms with Crippen LogP contribution in [0.2, 0.25) is 0 Å². The van der Waals surface area contributed by atoms with Crippen LogP contribution >= 0.6 is 0 Å². The Morgan fingerprint density at radius 3 is 2.95 bits per heavy atom. The molecule has 1 heterocycles. The fraction of sp³-hybridized carbons (Fsp3) is 0.500. The predicted octanol–water partition coefficient (Wildman–Crippen LogP) is 2.41. The van der Waals surface area contributed by atoms with Gasteiger partial charge in [-0.25, -0.2) is 8.78 Å². The van der Waals surface area contributed by atoms with Gasteiger partial charge >= 0.3 is 0 Å². The largest absolute Gasteiger partial charge is 0.485 e. The van der Waals surface area contributed by atoms with Crippen LogP contribution in [0.4, 0.5) is 14.5 Å². The molecule has 1 aliphatic rings. The minimum atomic E-state index is -2.54. The first kappa shape index (κ1) is 14.7. The van der Waals surface area contributed by atoms with Crippen LogP contribution in [0.1, 0.15) is 19.3 Å². The van der Waals surface area contributed by atoms with Gasteiger partial charge in [-0.15, -0.1) is 0 Å². The number of hydrogen-bond donors (Lipinski definition) is 2. The number of hydrogen-bond acceptors (Lipinski definition) is 3. The number of halogens is 2. The Morgan fingerprint density at radius 2 is 2.25 bits per heavy atom. The molecule has 2 N–H and O–H groups in total. The molecule has 0 spiro atoms. The number of carbonyl (C=O) groups is 1. The maximum absolute atomic E-state index is 12.2. The smallest absolute Gasteiger partial charge is 0.272 e.